The fraction of sp³-hybridized carbons (Fsp3) is 0.118. The second-order valence-electron chi connectivity index (χ2n) is 4.79. The standard InChI is InChI=1S/C17H15NO/c1-13-10-16-4-2-3-5-17(16)18(13)11-14-6-8-15(12-19)9-7-14/h2-10,12H,11H2,1H3. The van der Waals surface area contributed by atoms with Crippen LogP contribution in [0.15, 0.2) is 54.6 Å². The Bertz CT molecular complexity index is 723. The Labute approximate surface area is 112 Å². The number of para-hydroxylation sites is 1. The van der Waals surface area contributed by atoms with E-state index in [-0.39, 0.29) is 0 Å². The lowest BCUT2D eigenvalue weighted by atomic mass is 10.1. The Morgan fingerprint density at radius 3 is 2.53 bits per heavy atom. The molecule has 2 nitrogen and oxygen atoms in total. The summed E-state index contributed by atoms with van der Waals surface area (Å²) in [7, 11) is 0. The Morgan fingerprint density at radius 2 is 1.79 bits per heavy atom. The van der Waals surface area contributed by atoms with Gasteiger partial charge in [-0.05, 0) is 30.0 Å². The van der Waals surface area contributed by atoms with E-state index in [1.807, 2.05) is 24.3 Å². The lowest BCUT2D eigenvalue weighted by Crippen LogP contribution is -2.01. The van der Waals surface area contributed by atoms with Gasteiger partial charge >= 0.3 is 0 Å². The number of aryl methyl sites for hydroxylation is 1. The molecule has 0 saturated carbocycles. The monoisotopic (exact) mass is 249 g/mol. The number of carbonyl (C=O) groups is 1. The smallest absolute Gasteiger partial charge is 0.150 e. The number of hydrogen-bond acceptors (Lipinski definition) is 1. The molecule has 0 radical (unpaired) electrons. The average Bonchev–Trinajstić information content (AvgIpc) is 2.76. The zero-order valence-corrected chi connectivity index (χ0v) is 10.8. The molecular formula is C17H15NO. The Balaban J connectivity index is 2.00. The van der Waals surface area contributed by atoms with Crippen LogP contribution in [0.5, 0.6) is 0 Å². The Hall–Kier alpha value is -2.35. The lowest BCUT2D eigenvalue weighted by molar-refractivity contribution is 0.112. The highest BCUT2D eigenvalue weighted by molar-refractivity contribution is 5.81. The number of benzene rings is 2. The molecule has 2 heteroatoms. The van der Waals surface area contributed by atoms with Crippen molar-refractivity contribution in [3.05, 3.63) is 71.4 Å². The van der Waals surface area contributed by atoms with Crippen LogP contribution in [0.25, 0.3) is 10.9 Å². The molecule has 3 aromatic rings. The molecule has 0 fully saturated rings. The Kier molecular flexibility index (Phi) is 2.92. The lowest BCUT2D eigenvalue weighted by Gasteiger charge is -2.08. The molecule has 94 valence electrons. The minimum absolute atomic E-state index is 0.720. The molecule has 3 rings (SSSR count). The van der Waals surface area contributed by atoms with Crippen LogP contribution in [0, 0.1) is 6.92 Å². The van der Waals surface area contributed by atoms with Crippen LogP contribution >= 0.6 is 0 Å². The minimum Gasteiger partial charge on any atom is -0.340 e. The van der Waals surface area contributed by atoms with Crippen LogP contribution in [0.4, 0.5) is 0 Å². The molecule has 0 unspecified atom stereocenters. The van der Waals surface area contributed by atoms with Gasteiger partial charge in [0.25, 0.3) is 0 Å². The van der Waals surface area contributed by atoms with Gasteiger partial charge in [0.2, 0.25) is 0 Å². The average molecular weight is 249 g/mol. The molecule has 0 atom stereocenters. The number of aromatic nitrogens is 1. The molecule has 1 heterocycles. The summed E-state index contributed by atoms with van der Waals surface area (Å²) in [6.45, 7) is 2.96. The third-order valence-electron chi connectivity index (χ3n) is 3.47. The van der Waals surface area contributed by atoms with Crippen LogP contribution in [-0.2, 0) is 6.54 Å². The van der Waals surface area contributed by atoms with Gasteiger partial charge in [-0.25, -0.2) is 0 Å². The van der Waals surface area contributed by atoms with Crippen molar-refractivity contribution < 1.29 is 4.79 Å². The van der Waals surface area contributed by atoms with Gasteiger partial charge in [0.1, 0.15) is 6.29 Å². The van der Waals surface area contributed by atoms with E-state index >= 15 is 0 Å². The van der Waals surface area contributed by atoms with Gasteiger partial charge in [-0.1, -0.05) is 42.5 Å². The van der Waals surface area contributed by atoms with Crippen molar-refractivity contribution in [1.82, 2.24) is 4.57 Å². The second kappa shape index (κ2) is 4.73. The first-order chi connectivity index (χ1) is 9.28. The van der Waals surface area contributed by atoms with Crippen molar-refractivity contribution in [2.75, 3.05) is 0 Å². The summed E-state index contributed by atoms with van der Waals surface area (Å²) in [6.07, 6.45) is 0.875. The molecule has 0 N–H and O–H groups in total. The zero-order valence-electron chi connectivity index (χ0n) is 10.8. The maximum atomic E-state index is 10.7. The van der Waals surface area contributed by atoms with Crippen LogP contribution in [0.2, 0.25) is 0 Å². The van der Waals surface area contributed by atoms with E-state index in [2.05, 4.69) is 41.8 Å². The first-order valence-electron chi connectivity index (χ1n) is 6.37. The zero-order chi connectivity index (χ0) is 13.2. The quantitative estimate of drug-likeness (QED) is 0.647. The molecule has 0 spiro atoms. The highest BCUT2D eigenvalue weighted by atomic mass is 16.1. The van der Waals surface area contributed by atoms with Crippen LogP contribution in [-0.4, -0.2) is 10.9 Å². The van der Waals surface area contributed by atoms with Crippen molar-refractivity contribution in [2.45, 2.75) is 13.5 Å². The van der Waals surface area contributed by atoms with Crippen molar-refractivity contribution in [2.24, 2.45) is 0 Å². The van der Waals surface area contributed by atoms with E-state index in [1.54, 1.807) is 0 Å². The second-order valence-corrected chi connectivity index (χ2v) is 4.79. The van der Waals surface area contributed by atoms with Gasteiger partial charge in [0.15, 0.2) is 0 Å². The summed E-state index contributed by atoms with van der Waals surface area (Å²) in [6, 6.07) is 18.4. The molecule has 0 aliphatic rings. The molecular weight excluding hydrogens is 234 g/mol. The van der Waals surface area contributed by atoms with E-state index < -0.39 is 0 Å². The summed E-state index contributed by atoms with van der Waals surface area (Å²) in [4.78, 5) is 10.7. The molecule has 0 bridgehead atoms. The van der Waals surface area contributed by atoms with Gasteiger partial charge in [-0.15, -0.1) is 0 Å². The summed E-state index contributed by atoms with van der Waals surface area (Å²) in [5.74, 6) is 0. The third-order valence-corrected chi connectivity index (χ3v) is 3.47. The Morgan fingerprint density at radius 1 is 1.05 bits per heavy atom. The number of rotatable bonds is 3. The van der Waals surface area contributed by atoms with E-state index in [1.165, 1.54) is 22.2 Å². The predicted molar refractivity (Wildman–Crippen MR) is 77.6 cm³/mol. The first kappa shape index (κ1) is 11.7. The maximum Gasteiger partial charge on any atom is 0.150 e. The number of fused-ring (bicyclic) bond motifs is 1. The van der Waals surface area contributed by atoms with Crippen LogP contribution in [0.1, 0.15) is 21.6 Å². The third kappa shape index (κ3) is 2.17. The minimum atomic E-state index is 0.720. The number of aldehydes is 1. The molecule has 1 aromatic heterocycles. The largest absolute Gasteiger partial charge is 0.340 e. The van der Waals surface area contributed by atoms with E-state index in [0.29, 0.717) is 0 Å². The summed E-state index contributed by atoms with van der Waals surface area (Å²) < 4.78 is 2.30. The fourth-order valence-electron chi connectivity index (χ4n) is 2.44. The van der Waals surface area contributed by atoms with Gasteiger partial charge in [0, 0.05) is 23.3 Å². The molecule has 0 saturated heterocycles. The highest BCUT2D eigenvalue weighted by Crippen LogP contribution is 2.20. The number of hydrogen-bond donors (Lipinski definition) is 0. The molecule has 0 aliphatic carbocycles. The van der Waals surface area contributed by atoms with Crippen LogP contribution < -0.4 is 0 Å². The summed E-state index contributed by atoms with van der Waals surface area (Å²) in [5, 5.41) is 1.27. The molecule has 0 amide bonds. The highest BCUT2D eigenvalue weighted by Gasteiger charge is 2.05. The van der Waals surface area contributed by atoms with Gasteiger partial charge in [-0.3, -0.25) is 4.79 Å². The number of nitrogens with zero attached hydrogens (tertiary/aromatic N) is 1. The maximum absolute atomic E-state index is 10.7. The molecule has 0 aliphatic heterocycles. The topological polar surface area (TPSA) is 22.0 Å². The van der Waals surface area contributed by atoms with Gasteiger partial charge in [-0.2, -0.15) is 0 Å². The van der Waals surface area contributed by atoms with E-state index in [9.17, 15) is 4.79 Å². The molecule has 19 heavy (non-hydrogen) atoms. The number of carbonyl (C=O) groups excluding carboxylic acids is 1. The molecule has 2 aromatic carbocycles. The van der Waals surface area contributed by atoms with Crippen molar-refractivity contribution in [3.63, 3.8) is 0 Å². The summed E-state index contributed by atoms with van der Waals surface area (Å²) in [5.41, 5.74) is 4.42. The SMILES string of the molecule is Cc1cc2ccccc2n1Cc1ccc(C=O)cc1. The first-order valence-corrected chi connectivity index (χ1v) is 6.37. The normalized spacial score (nSPS) is 10.8. The van der Waals surface area contributed by atoms with Gasteiger partial charge in [0.05, 0.1) is 0 Å². The van der Waals surface area contributed by atoms with Crippen LogP contribution in [0.3, 0.4) is 0 Å². The fourth-order valence-corrected chi connectivity index (χ4v) is 2.44. The van der Waals surface area contributed by atoms with Crippen molar-refractivity contribution in [3.8, 4) is 0 Å². The summed E-state index contributed by atoms with van der Waals surface area (Å²) >= 11 is 0. The van der Waals surface area contributed by atoms with E-state index in [0.717, 1.165) is 18.4 Å². The van der Waals surface area contributed by atoms with Gasteiger partial charge < -0.3 is 4.57 Å². The van der Waals surface area contributed by atoms with Crippen molar-refractivity contribution in [1.29, 1.82) is 0 Å². The predicted octanol–water partition coefficient (Wildman–Crippen LogP) is 3.81. The van der Waals surface area contributed by atoms with Crippen molar-refractivity contribution >= 4 is 17.2 Å². The van der Waals surface area contributed by atoms with E-state index in [4.69, 9.17) is 0 Å².